The summed E-state index contributed by atoms with van der Waals surface area (Å²) in [4.78, 5) is 40.9. The van der Waals surface area contributed by atoms with Crippen LogP contribution < -0.4 is 0 Å². The lowest BCUT2D eigenvalue weighted by atomic mass is 9.78. The molecule has 3 aliphatic heterocycles. The van der Waals surface area contributed by atoms with Gasteiger partial charge in [-0.2, -0.15) is 0 Å². The third kappa shape index (κ3) is 3.18. The van der Waals surface area contributed by atoms with Crippen LogP contribution in [0.1, 0.15) is 63.3 Å². The number of amides is 2. The quantitative estimate of drug-likeness (QED) is 0.839. The van der Waals surface area contributed by atoms with Crippen molar-refractivity contribution in [1.82, 2.24) is 24.7 Å². The Bertz CT molecular complexity index is 772. The number of hydrogen-bond acceptors (Lipinski definition) is 4. The maximum absolute atomic E-state index is 13.3. The molecule has 1 spiro atoms. The van der Waals surface area contributed by atoms with Crippen LogP contribution in [0.15, 0.2) is 6.33 Å². The number of carbonyl (C=O) groups is 2. The number of aromatic amines is 1. The lowest BCUT2D eigenvalue weighted by Gasteiger charge is -2.51. The molecule has 158 valence electrons. The van der Waals surface area contributed by atoms with E-state index < -0.39 is 0 Å². The summed E-state index contributed by atoms with van der Waals surface area (Å²) >= 11 is 0. The number of H-pyrrole nitrogens is 1. The van der Waals surface area contributed by atoms with Gasteiger partial charge >= 0.3 is 0 Å². The molecular weight excluding hydrogens is 366 g/mol. The maximum atomic E-state index is 13.3. The van der Waals surface area contributed by atoms with E-state index in [1.807, 2.05) is 0 Å². The van der Waals surface area contributed by atoms with Gasteiger partial charge in [0, 0.05) is 37.7 Å². The van der Waals surface area contributed by atoms with Crippen molar-refractivity contribution in [2.45, 2.75) is 69.9 Å². The van der Waals surface area contributed by atoms with E-state index in [0.717, 1.165) is 63.9 Å². The molecule has 7 heteroatoms. The average molecular weight is 400 g/mol. The highest BCUT2D eigenvalue weighted by Crippen LogP contribution is 2.45. The summed E-state index contributed by atoms with van der Waals surface area (Å²) in [7, 11) is 0. The minimum absolute atomic E-state index is 0.0167. The first-order valence-electron chi connectivity index (χ1n) is 11.5. The predicted molar refractivity (Wildman–Crippen MR) is 109 cm³/mol. The molecule has 1 N–H and O–H groups in total. The first-order valence-corrected chi connectivity index (χ1v) is 11.5. The Morgan fingerprint density at radius 1 is 1.17 bits per heavy atom. The summed E-state index contributed by atoms with van der Waals surface area (Å²) in [6.45, 7) is 6.40. The fourth-order valence-electron chi connectivity index (χ4n) is 5.81. The highest BCUT2D eigenvalue weighted by Gasteiger charge is 2.51. The van der Waals surface area contributed by atoms with Gasteiger partial charge < -0.3 is 14.8 Å². The normalized spacial score (nSPS) is 25.3. The SMILES string of the molecule is CC[C@H](C(=O)N1CCC2(CC1)c1nc[nH]c1CCN2C(=O)C1CC1)N1CCCC1. The van der Waals surface area contributed by atoms with E-state index in [9.17, 15) is 9.59 Å². The molecule has 4 heterocycles. The van der Waals surface area contributed by atoms with Gasteiger partial charge in [-0.3, -0.25) is 14.5 Å². The molecule has 5 rings (SSSR count). The molecule has 1 saturated carbocycles. The van der Waals surface area contributed by atoms with Gasteiger partial charge in [0.15, 0.2) is 0 Å². The van der Waals surface area contributed by atoms with Crippen LogP contribution in [-0.4, -0.2) is 75.2 Å². The first kappa shape index (κ1) is 19.1. The highest BCUT2D eigenvalue weighted by molar-refractivity contribution is 5.83. The molecular formula is C22H33N5O2. The van der Waals surface area contributed by atoms with Gasteiger partial charge in [-0.25, -0.2) is 4.98 Å². The van der Waals surface area contributed by atoms with Gasteiger partial charge in [-0.05, 0) is 58.0 Å². The molecule has 1 atom stereocenters. The summed E-state index contributed by atoms with van der Waals surface area (Å²) in [5, 5.41) is 0. The second-order valence-corrected chi connectivity index (χ2v) is 9.27. The zero-order valence-corrected chi connectivity index (χ0v) is 17.5. The molecule has 0 bridgehead atoms. The van der Waals surface area contributed by atoms with Crippen molar-refractivity contribution in [3.8, 4) is 0 Å². The summed E-state index contributed by atoms with van der Waals surface area (Å²) < 4.78 is 0. The number of rotatable bonds is 4. The van der Waals surface area contributed by atoms with E-state index in [2.05, 4.69) is 31.6 Å². The van der Waals surface area contributed by atoms with Crippen molar-refractivity contribution in [3.05, 3.63) is 17.7 Å². The van der Waals surface area contributed by atoms with Crippen molar-refractivity contribution >= 4 is 11.8 Å². The number of imidazole rings is 1. The zero-order valence-electron chi connectivity index (χ0n) is 17.5. The molecule has 3 fully saturated rings. The third-order valence-electron chi connectivity index (χ3n) is 7.61. The molecule has 1 aromatic rings. The molecule has 1 aliphatic carbocycles. The lowest BCUT2D eigenvalue weighted by molar-refractivity contribution is -0.147. The van der Waals surface area contributed by atoms with Crippen LogP contribution in [0.5, 0.6) is 0 Å². The first-order chi connectivity index (χ1) is 14.1. The van der Waals surface area contributed by atoms with Crippen LogP contribution in [0, 0.1) is 5.92 Å². The van der Waals surface area contributed by atoms with Gasteiger partial charge in [0.05, 0.1) is 23.6 Å². The molecule has 0 aromatic carbocycles. The predicted octanol–water partition coefficient (Wildman–Crippen LogP) is 1.90. The molecule has 0 radical (unpaired) electrons. The highest BCUT2D eigenvalue weighted by atomic mass is 16.2. The molecule has 0 unspecified atom stereocenters. The van der Waals surface area contributed by atoms with Gasteiger partial charge in [0.1, 0.15) is 0 Å². The average Bonchev–Trinajstić information content (AvgIpc) is 3.23. The Hall–Kier alpha value is -1.89. The standard InChI is InChI=1S/C22H33N5O2/c1-2-18(25-10-3-4-11-25)21(29)26-13-8-22(9-14-26)19-17(23-15-24-19)7-12-27(22)20(28)16-5-6-16/h15-16,18H,2-14H2,1H3,(H,23,24)/t18-/m1/s1. The van der Waals surface area contributed by atoms with Crippen LogP contribution in [0.3, 0.4) is 0 Å². The fourth-order valence-corrected chi connectivity index (χ4v) is 5.81. The molecule has 1 aromatic heterocycles. The van der Waals surface area contributed by atoms with Crippen LogP contribution in [-0.2, 0) is 21.5 Å². The van der Waals surface area contributed by atoms with Crippen molar-refractivity contribution in [1.29, 1.82) is 0 Å². The van der Waals surface area contributed by atoms with E-state index in [1.165, 1.54) is 18.5 Å². The Morgan fingerprint density at radius 3 is 2.55 bits per heavy atom. The Balaban J connectivity index is 1.35. The van der Waals surface area contributed by atoms with E-state index in [4.69, 9.17) is 0 Å². The molecule has 4 aliphatic rings. The largest absolute Gasteiger partial charge is 0.348 e. The summed E-state index contributed by atoms with van der Waals surface area (Å²) in [6, 6.07) is 0.0167. The smallest absolute Gasteiger partial charge is 0.239 e. The topological polar surface area (TPSA) is 72.5 Å². The van der Waals surface area contributed by atoms with Crippen molar-refractivity contribution in [2.24, 2.45) is 5.92 Å². The Labute approximate surface area is 172 Å². The van der Waals surface area contributed by atoms with E-state index in [0.29, 0.717) is 19.0 Å². The number of nitrogens with zero attached hydrogens (tertiary/aromatic N) is 4. The minimum Gasteiger partial charge on any atom is -0.348 e. The molecule has 2 saturated heterocycles. The number of hydrogen-bond donors (Lipinski definition) is 1. The number of piperidine rings is 1. The van der Waals surface area contributed by atoms with Gasteiger partial charge in [-0.15, -0.1) is 0 Å². The number of fused-ring (bicyclic) bond motifs is 2. The van der Waals surface area contributed by atoms with Gasteiger partial charge in [0.25, 0.3) is 0 Å². The van der Waals surface area contributed by atoms with Crippen LogP contribution >= 0.6 is 0 Å². The minimum atomic E-state index is -0.334. The van der Waals surface area contributed by atoms with Gasteiger partial charge in [-0.1, -0.05) is 6.92 Å². The number of nitrogens with one attached hydrogen (secondary N) is 1. The van der Waals surface area contributed by atoms with Crippen LogP contribution in [0.2, 0.25) is 0 Å². The summed E-state index contributed by atoms with van der Waals surface area (Å²) in [6.07, 6.45) is 9.54. The maximum Gasteiger partial charge on any atom is 0.239 e. The van der Waals surface area contributed by atoms with Crippen molar-refractivity contribution in [3.63, 3.8) is 0 Å². The van der Waals surface area contributed by atoms with E-state index >= 15 is 0 Å². The van der Waals surface area contributed by atoms with Crippen LogP contribution in [0.4, 0.5) is 0 Å². The van der Waals surface area contributed by atoms with Gasteiger partial charge in [0.2, 0.25) is 11.8 Å². The van der Waals surface area contributed by atoms with Crippen LogP contribution in [0.25, 0.3) is 0 Å². The number of aromatic nitrogens is 2. The molecule has 2 amide bonds. The van der Waals surface area contributed by atoms with Crippen molar-refractivity contribution < 1.29 is 9.59 Å². The van der Waals surface area contributed by atoms with Crippen molar-refractivity contribution in [2.75, 3.05) is 32.7 Å². The van der Waals surface area contributed by atoms with E-state index in [1.54, 1.807) is 6.33 Å². The Morgan fingerprint density at radius 2 is 1.90 bits per heavy atom. The summed E-state index contributed by atoms with van der Waals surface area (Å²) in [5.74, 6) is 0.802. The van der Waals surface area contributed by atoms with E-state index in [-0.39, 0.29) is 23.4 Å². The molecule has 29 heavy (non-hydrogen) atoms. The Kier molecular flexibility index (Phi) is 4.88. The third-order valence-corrected chi connectivity index (χ3v) is 7.61. The second kappa shape index (κ2) is 7.42. The number of carbonyl (C=O) groups excluding carboxylic acids is 2. The number of likely N-dealkylation sites (tertiary alicyclic amines) is 2. The fraction of sp³-hybridized carbons (Fsp3) is 0.773. The monoisotopic (exact) mass is 399 g/mol. The zero-order chi connectivity index (χ0) is 20.0. The second-order valence-electron chi connectivity index (χ2n) is 9.27. The summed E-state index contributed by atoms with van der Waals surface area (Å²) in [5.41, 5.74) is 1.89. The molecule has 7 nitrogen and oxygen atoms in total. The lowest BCUT2D eigenvalue weighted by Crippen LogP contribution is -2.60.